The number of nitrogens with zero attached hydrogens (tertiary/aromatic N) is 2. The molecule has 0 radical (unpaired) electrons. The number of aromatic nitrogens is 1. The van der Waals surface area contributed by atoms with Crippen molar-refractivity contribution in [3.63, 3.8) is 0 Å². The number of likely N-dealkylation sites (N-methyl/N-ethyl adjacent to an activating group) is 1. The Morgan fingerprint density at radius 3 is 2.89 bits per heavy atom. The van der Waals surface area contributed by atoms with Gasteiger partial charge in [0.05, 0.1) is 5.56 Å². The summed E-state index contributed by atoms with van der Waals surface area (Å²) >= 11 is 3.27. The summed E-state index contributed by atoms with van der Waals surface area (Å²) in [7, 11) is 2.02. The highest BCUT2D eigenvalue weighted by Crippen LogP contribution is 2.15. The van der Waals surface area contributed by atoms with Gasteiger partial charge >= 0.3 is 0 Å². The zero-order valence-electron chi connectivity index (χ0n) is 10.9. The van der Waals surface area contributed by atoms with Crippen molar-refractivity contribution in [3.8, 4) is 0 Å². The number of anilines is 1. The number of hydrogen-bond donors (Lipinski definition) is 2. The number of pyridine rings is 1. The summed E-state index contributed by atoms with van der Waals surface area (Å²) in [5, 5.41) is 2.83. The number of rotatable bonds is 5. The molecule has 0 aliphatic heterocycles. The van der Waals surface area contributed by atoms with Crippen molar-refractivity contribution in [1.82, 2.24) is 15.2 Å². The van der Waals surface area contributed by atoms with Gasteiger partial charge in [-0.25, -0.2) is 4.98 Å². The van der Waals surface area contributed by atoms with Crippen molar-refractivity contribution in [2.75, 3.05) is 25.9 Å². The summed E-state index contributed by atoms with van der Waals surface area (Å²) in [6.45, 7) is 5.60. The first-order valence-electron chi connectivity index (χ1n) is 5.81. The maximum Gasteiger partial charge on any atom is 0.255 e. The molecule has 1 aromatic heterocycles. The molecule has 6 heteroatoms. The van der Waals surface area contributed by atoms with Gasteiger partial charge in [-0.3, -0.25) is 4.79 Å². The third kappa shape index (κ3) is 4.27. The van der Waals surface area contributed by atoms with Crippen molar-refractivity contribution in [3.05, 3.63) is 22.3 Å². The molecule has 0 fully saturated rings. The zero-order chi connectivity index (χ0) is 13.7. The van der Waals surface area contributed by atoms with Gasteiger partial charge in [0.1, 0.15) is 5.82 Å². The number of halogens is 1. The minimum atomic E-state index is -0.196. The Labute approximate surface area is 116 Å². The van der Waals surface area contributed by atoms with E-state index >= 15 is 0 Å². The van der Waals surface area contributed by atoms with Crippen LogP contribution in [0.15, 0.2) is 16.7 Å². The fourth-order valence-corrected chi connectivity index (χ4v) is 1.66. The lowest BCUT2D eigenvalue weighted by Crippen LogP contribution is -2.36. The molecular weight excluding hydrogens is 296 g/mol. The van der Waals surface area contributed by atoms with Crippen LogP contribution >= 0.6 is 15.9 Å². The lowest BCUT2D eigenvalue weighted by Gasteiger charge is -2.20. The Morgan fingerprint density at radius 2 is 2.28 bits per heavy atom. The van der Waals surface area contributed by atoms with Crippen LogP contribution in [-0.4, -0.2) is 42.0 Å². The van der Waals surface area contributed by atoms with Gasteiger partial charge in [0, 0.05) is 29.8 Å². The average molecular weight is 315 g/mol. The molecule has 0 spiro atoms. The molecule has 18 heavy (non-hydrogen) atoms. The van der Waals surface area contributed by atoms with E-state index in [4.69, 9.17) is 5.73 Å². The molecule has 0 aliphatic rings. The number of hydrogen-bond acceptors (Lipinski definition) is 4. The molecule has 0 unspecified atom stereocenters. The van der Waals surface area contributed by atoms with Crippen molar-refractivity contribution in [2.45, 2.75) is 19.9 Å². The van der Waals surface area contributed by atoms with Gasteiger partial charge in [0.15, 0.2) is 0 Å². The number of nitrogen functional groups attached to an aromatic ring is 1. The quantitative estimate of drug-likeness (QED) is 0.864. The maximum absolute atomic E-state index is 11.9. The largest absolute Gasteiger partial charge is 0.383 e. The fourth-order valence-electron chi connectivity index (χ4n) is 1.33. The van der Waals surface area contributed by atoms with Crippen LogP contribution in [0.3, 0.4) is 0 Å². The molecule has 1 aromatic rings. The molecule has 1 rings (SSSR count). The predicted octanol–water partition coefficient (Wildman–Crippen LogP) is 1.50. The third-order valence-electron chi connectivity index (χ3n) is 2.76. The smallest absolute Gasteiger partial charge is 0.255 e. The van der Waals surface area contributed by atoms with Crippen LogP contribution < -0.4 is 11.1 Å². The molecule has 0 saturated heterocycles. The Kier molecular flexibility index (Phi) is 5.55. The molecular formula is C12H19BrN4O. The first kappa shape index (κ1) is 14.9. The molecule has 100 valence electrons. The van der Waals surface area contributed by atoms with Crippen molar-refractivity contribution in [2.24, 2.45) is 0 Å². The Bertz CT molecular complexity index is 423. The predicted molar refractivity (Wildman–Crippen MR) is 76.4 cm³/mol. The van der Waals surface area contributed by atoms with E-state index in [1.165, 1.54) is 0 Å². The highest BCUT2D eigenvalue weighted by atomic mass is 79.9. The zero-order valence-corrected chi connectivity index (χ0v) is 12.5. The van der Waals surface area contributed by atoms with Crippen molar-refractivity contribution >= 4 is 27.7 Å². The Hall–Kier alpha value is -1.14. The second kappa shape index (κ2) is 6.70. The van der Waals surface area contributed by atoms with Gasteiger partial charge in [-0.05, 0) is 42.9 Å². The highest BCUT2D eigenvalue weighted by Gasteiger charge is 2.11. The summed E-state index contributed by atoms with van der Waals surface area (Å²) in [4.78, 5) is 18.0. The van der Waals surface area contributed by atoms with Crippen molar-refractivity contribution < 1.29 is 4.79 Å². The minimum absolute atomic E-state index is 0.196. The van der Waals surface area contributed by atoms with E-state index in [0.717, 1.165) is 11.0 Å². The van der Waals surface area contributed by atoms with Gasteiger partial charge in [0.2, 0.25) is 0 Å². The summed E-state index contributed by atoms with van der Waals surface area (Å²) in [6, 6.07) is 2.13. The van der Waals surface area contributed by atoms with E-state index in [1.807, 2.05) is 7.05 Å². The topological polar surface area (TPSA) is 71.2 Å². The normalized spacial score (nSPS) is 11.0. The molecule has 0 bridgehead atoms. The van der Waals surface area contributed by atoms with Crippen LogP contribution in [0.25, 0.3) is 0 Å². The number of nitrogens with one attached hydrogen (secondary N) is 1. The van der Waals surface area contributed by atoms with Gasteiger partial charge in [-0.1, -0.05) is 0 Å². The summed E-state index contributed by atoms with van der Waals surface area (Å²) in [5.74, 6) is 0.0476. The minimum Gasteiger partial charge on any atom is -0.383 e. The lowest BCUT2D eigenvalue weighted by molar-refractivity contribution is 0.0948. The molecule has 1 amide bonds. The molecule has 0 aliphatic carbocycles. The van der Waals surface area contributed by atoms with E-state index < -0.39 is 0 Å². The first-order valence-corrected chi connectivity index (χ1v) is 6.60. The molecule has 1 heterocycles. The van der Waals surface area contributed by atoms with E-state index in [-0.39, 0.29) is 11.7 Å². The summed E-state index contributed by atoms with van der Waals surface area (Å²) in [6.07, 6.45) is 1.57. The summed E-state index contributed by atoms with van der Waals surface area (Å²) in [5.41, 5.74) is 6.07. The van der Waals surface area contributed by atoms with Crippen LogP contribution in [0.2, 0.25) is 0 Å². The van der Waals surface area contributed by atoms with Crippen LogP contribution in [0, 0.1) is 0 Å². The first-order chi connectivity index (χ1) is 8.41. The standard InChI is InChI=1S/C12H19BrN4O/c1-8(2)17(3)5-4-15-12(18)10-6-9(13)7-16-11(10)14/h6-8H,4-5H2,1-3H3,(H2,14,16)(H,15,18). The van der Waals surface area contributed by atoms with E-state index in [9.17, 15) is 4.79 Å². The number of carbonyl (C=O) groups excluding carboxylic acids is 1. The third-order valence-corrected chi connectivity index (χ3v) is 3.20. The lowest BCUT2D eigenvalue weighted by atomic mass is 10.2. The molecule has 5 nitrogen and oxygen atoms in total. The van der Waals surface area contributed by atoms with E-state index in [2.05, 4.69) is 45.0 Å². The number of nitrogens with two attached hydrogens (primary N) is 1. The molecule has 0 aromatic carbocycles. The highest BCUT2D eigenvalue weighted by molar-refractivity contribution is 9.10. The SMILES string of the molecule is CC(C)N(C)CCNC(=O)c1cc(Br)cnc1N. The van der Waals surface area contributed by atoms with E-state index in [1.54, 1.807) is 12.3 Å². The second-order valence-electron chi connectivity index (χ2n) is 4.42. The van der Waals surface area contributed by atoms with Crippen LogP contribution in [0.1, 0.15) is 24.2 Å². The molecule has 3 N–H and O–H groups in total. The number of amides is 1. The van der Waals surface area contributed by atoms with Crippen molar-refractivity contribution in [1.29, 1.82) is 0 Å². The fraction of sp³-hybridized carbons (Fsp3) is 0.500. The van der Waals surface area contributed by atoms with Gasteiger partial charge in [-0.15, -0.1) is 0 Å². The van der Waals surface area contributed by atoms with Gasteiger partial charge < -0.3 is 16.0 Å². The van der Waals surface area contributed by atoms with Crippen LogP contribution in [0.5, 0.6) is 0 Å². The Balaban J connectivity index is 2.53. The molecule has 0 saturated carbocycles. The van der Waals surface area contributed by atoms with Crippen LogP contribution in [0.4, 0.5) is 5.82 Å². The molecule has 0 atom stereocenters. The Morgan fingerprint density at radius 1 is 1.61 bits per heavy atom. The van der Waals surface area contributed by atoms with Crippen LogP contribution in [-0.2, 0) is 0 Å². The number of carbonyl (C=O) groups is 1. The maximum atomic E-state index is 11.9. The average Bonchev–Trinajstić information content (AvgIpc) is 2.31. The van der Waals surface area contributed by atoms with Gasteiger partial charge in [0.25, 0.3) is 5.91 Å². The monoisotopic (exact) mass is 314 g/mol. The second-order valence-corrected chi connectivity index (χ2v) is 5.33. The summed E-state index contributed by atoms with van der Waals surface area (Å²) < 4.78 is 0.737. The van der Waals surface area contributed by atoms with Gasteiger partial charge in [-0.2, -0.15) is 0 Å². The van der Waals surface area contributed by atoms with E-state index in [0.29, 0.717) is 18.2 Å².